The van der Waals surface area contributed by atoms with Gasteiger partial charge < -0.3 is 9.84 Å². The molecular formula is C15H13ClO3. The maximum atomic E-state index is 11.3. The Bertz CT molecular complexity index is 581. The third-order valence-corrected chi connectivity index (χ3v) is 2.96. The van der Waals surface area contributed by atoms with Crippen molar-refractivity contribution in [3.63, 3.8) is 0 Å². The number of carbonyl (C=O) groups is 1. The Morgan fingerprint density at radius 2 is 1.89 bits per heavy atom. The standard InChI is InChI=1S/C15H13ClO3/c1-10-7-8-12(16)9-13(10)19-14(15(17)18)11-5-3-2-4-6-11/h2-9,14H,1H3,(H,17,18). The number of aryl methyl sites for hydroxylation is 1. The molecule has 0 amide bonds. The van der Waals surface area contributed by atoms with Gasteiger partial charge in [-0.3, -0.25) is 0 Å². The van der Waals surface area contributed by atoms with Gasteiger partial charge >= 0.3 is 5.97 Å². The molecule has 0 saturated carbocycles. The van der Waals surface area contributed by atoms with Crippen molar-refractivity contribution >= 4 is 17.6 Å². The summed E-state index contributed by atoms with van der Waals surface area (Å²) < 4.78 is 5.59. The van der Waals surface area contributed by atoms with Gasteiger partial charge in [0.25, 0.3) is 0 Å². The van der Waals surface area contributed by atoms with Crippen LogP contribution in [0.4, 0.5) is 0 Å². The highest BCUT2D eigenvalue weighted by atomic mass is 35.5. The second-order valence-corrected chi connectivity index (χ2v) is 4.59. The topological polar surface area (TPSA) is 46.5 Å². The zero-order chi connectivity index (χ0) is 13.8. The van der Waals surface area contributed by atoms with Crippen molar-refractivity contribution in [2.45, 2.75) is 13.0 Å². The fraction of sp³-hybridized carbons (Fsp3) is 0.133. The summed E-state index contributed by atoms with van der Waals surface area (Å²) in [6, 6.07) is 14.0. The molecule has 2 rings (SSSR count). The molecule has 98 valence electrons. The van der Waals surface area contributed by atoms with Gasteiger partial charge in [-0.25, -0.2) is 4.79 Å². The normalized spacial score (nSPS) is 11.9. The maximum Gasteiger partial charge on any atom is 0.349 e. The smallest absolute Gasteiger partial charge is 0.349 e. The summed E-state index contributed by atoms with van der Waals surface area (Å²) >= 11 is 5.90. The number of benzene rings is 2. The van der Waals surface area contributed by atoms with Crippen LogP contribution in [0.5, 0.6) is 5.75 Å². The predicted molar refractivity (Wildman–Crippen MR) is 73.6 cm³/mol. The Labute approximate surface area is 116 Å². The van der Waals surface area contributed by atoms with Gasteiger partial charge in [-0.2, -0.15) is 0 Å². The highest BCUT2D eigenvalue weighted by molar-refractivity contribution is 6.30. The van der Waals surface area contributed by atoms with Gasteiger partial charge in [0, 0.05) is 10.6 Å². The molecule has 0 heterocycles. The molecule has 4 heteroatoms. The summed E-state index contributed by atoms with van der Waals surface area (Å²) in [5, 5.41) is 9.80. The van der Waals surface area contributed by atoms with E-state index in [1.165, 1.54) is 0 Å². The van der Waals surface area contributed by atoms with Crippen LogP contribution < -0.4 is 4.74 Å². The Balaban J connectivity index is 2.32. The average molecular weight is 277 g/mol. The molecule has 0 radical (unpaired) electrons. The summed E-state index contributed by atoms with van der Waals surface area (Å²) in [7, 11) is 0. The molecule has 0 aliphatic carbocycles. The van der Waals surface area contributed by atoms with Crippen molar-refractivity contribution in [1.29, 1.82) is 0 Å². The van der Waals surface area contributed by atoms with Gasteiger partial charge in [0.2, 0.25) is 6.10 Å². The van der Waals surface area contributed by atoms with Gasteiger partial charge in [0.15, 0.2) is 0 Å². The predicted octanol–water partition coefficient (Wildman–Crippen LogP) is 3.85. The summed E-state index contributed by atoms with van der Waals surface area (Å²) in [4.78, 5) is 11.3. The average Bonchev–Trinajstić information content (AvgIpc) is 2.40. The third-order valence-electron chi connectivity index (χ3n) is 2.72. The molecule has 0 aliphatic rings. The van der Waals surface area contributed by atoms with Crippen LogP contribution in [0.25, 0.3) is 0 Å². The molecule has 0 aliphatic heterocycles. The van der Waals surface area contributed by atoms with E-state index in [0.717, 1.165) is 5.56 Å². The van der Waals surface area contributed by atoms with Crippen LogP contribution >= 0.6 is 11.6 Å². The van der Waals surface area contributed by atoms with Gasteiger partial charge in [-0.15, -0.1) is 0 Å². The van der Waals surface area contributed by atoms with E-state index in [1.807, 2.05) is 13.0 Å². The Hall–Kier alpha value is -2.00. The van der Waals surface area contributed by atoms with Crippen molar-refractivity contribution in [2.24, 2.45) is 0 Å². The second-order valence-electron chi connectivity index (χ2n) is 4.16. The number of rotatable bonds is 4. The third kappa shape index (κ3) is 3.26. The molecule has 2 aromatic carbocycles. The number of aliphatic carboxylic acids is 1. The first-order chi connectivity index (χ1) is 9.08. The highest BCUT2D eigenvalue weighted by Crippen LogP contribution is 2.28. The number of hydrogen-bond donors (Lipinski definition) is 1. The van der Waals surface area contributed by atoms with E-state index in [2.05, 4.69) is 0 Å². The van der Waals surface area contributed by atoms with Crippen LogP contribution in [0.2, 0.25) is 5.02 Å². The molecule has 2 aromatic rings. The van der Waals surface area contributed by atoms with Crippen LogP contribution in [-0.2, 0) is 4.79 Å². The number of carboxylic acid groups (broad SMARTS) is 1. The number of halogens is 1. The first kappa shape index (κ1) is 13.4. The quantitative estimate of drug-likeness (QED) is 0.922. The van der Waals surface area contributed by atoms with Crippen LogP contribution in [0.3, 0.4) is 0 Å². The monoisotopic (exact) mass is 276 g/mol. The fourth-order valence-corrected chi connectivity index (χ4v) is 1.88. The van der Waals surface area contributed by atoms with Crippen molar-refractivity contribution in [3.05, 3.63) is 64.7 Å². The molecule has 0 spiro atoms. The largest absolute Gasteiger partial charge is 0.478 e. The van der Waals surface area contributed by atoms with Crippen LogP contribution in [-0.4, -0.2) is 11.1 Å². The summed E-state index contributed by atoms with van der Waals surface area (Å²) in [5.41, 5.74) is 1.43. The lowest BCUT2D eigenvalue weighted by Gasteiger charge is -2.17. The fourth-order valence-electron chi connectivity index (χ4n) is 1.72. The zero-order valence-corrected chi connectivity index (χ0v) is 11.1. The minimum absolute atomic E-state index is 0.476. The minimum atomic E-state index is -1.04. The van der Waals surface area contributed by atoms with Gasteiger partial charge in [-0.1, -0.05) is 48.0 Å². The Morgan fingerprint density at radius 3 is 2.53 bits per heavy atom. The number of carboxylic acids is 1. The SMILES string of the molecule is Cc1ccc(Cl)cc1OC(C(=O)O)c1ccccc1. The Kier molecular flexibility index (Phi) is 4.07. The molecule has 19 heavy (non-hydrogen) atoms. The maximum absolute atomic E-state index is 11.3. The van der Waals surface area contributed by atoms with E-state index in [9.17, 15) is 9.90 Å². The minimum Gasteiger partial charge on any atom is -0.478 e. The van der Waals surface area contributed by atoms with Crippen LogP contribution in [0.1, 0.15) is 17.2 Å². The van der Waals surface area contributed by atoms with E-state index in [1.54, 1.807) is 42.5 Å². The van der Waals surface area contributed by atoms with E-state index in [-0.39, 0.29) is 0 Å². The Morgan fingerprint density at radius 1 is 1.21 bits per heavy atom. The van der Waals surface area contributed by atoms with Gasteiger partial charge in [0.1, 0.15) is 5.75 Å². The first-order valence-corrected chi connectivity index (χ1v) is 6.16. The summed E-state index contributed by atoms with van der Waals surface area (Å²) in [6.45, 7) is 1.84. The lowest BCUT2D eigenvalue weighted by atomic mass is 10.1. The van der Waals surface area contributed by atoms with Gasteiger partial charge in [-0.05, 0) is 24.6 Å². The van der Waals surface area contributed by atoms with E-state index < -0.39 is 12.1 Å². The van der Waals surface area contributed by atoms with Crippen LogP contribution in [0.15, 0.2) is 48.5 Å². The summed E-state index contributed by atoms with van der Waals surface area (Å²) in [6.07, 6.45) is -1.04. The number of ether oxygens (including phenoxy) is 1. The summed E-state index contributed by atoms with van der Waals surface area (Å²) in [5.74, 6) is -0.561. The molecule has 1 atom stereocenters. The molecule has 0 aromatic heterocycles. The molecule has 0 bridgehead atoms. The molecule has 1 N–H and O–H groups in total. The molecule has 0 fully saturated rings. The zero-order valence-electron chi connectivity index (χ0n) is 10.3. The van der Waals surface area contributed by atoms with Crippen molar-refractivity contribution < 1.29 is 14.6 Å². The van der Waals surface area contributed by atoms with Crippen molar-refractivity contribution in [1.82, 2.24) is 0 Å². The van der Waals surface area contributed by atoms with Crippen LogP contribution in [0, 0.1) is 6.92 Å². The second kappa shape index (κ2) is 5.76. The van der Waals surface area contributed by atoms with Gasteiger partial charge in [0.05, 0.1) is 0 Å². The van der Waals surface area contributed by atoms with E-state index in [0.29, 0.717) is 16.3 Å². The lowest BCUT2D eigenvalue weighted by molar-refractivity contribution is -0.145. The molecule has 0 saturated heterocycles. The van der Waals surface area contributed by atoms with Crippen molar-refractivity contribution in [3.8, 4) is 5.75 Å². The van der Waals surface area contributed by atoms with E-state index in [4.69, 9.17) is 16.3 Å². The van der Waals surface area contributed by atoms with Crippen molar-refractivity contribution in [2.75, 3.05) is 0 Å². The first-order valence-electron chi connectivity index (χ1n) is 5.78. The molecular weight excluding hydrogens is 264 g/mol. The number of hydrogen-bond acceptors (Lipinski definition) is 2. The lowest BCUT2D eigenvalue weighted by Crippen LogP contribution is -2.18. The van der Waals surface area contributed by atoms with E-state index >= 15 is 0 Å². The molecule has 1 unspecified atom stereocenters. The molecule has 3 nitrogen and oxygen atoms in total. The highest BCUT2D eigenvalue weighted by Gasteiger charge is 2.22.